The summed E-state index contributed by atoms with van der Waals surface area (Å²) in [5.74, 6) is -0.433. The lowest BCUT2D eigenvalue weighted by Gasteiger charge is -2.22. The maximum absolute atomic E-state index is 12.8. The molecule has 1 unspecified atom stereocenters. The van der Waals surface area contributed by atoms with Gasteiger partial charge in [-0.25, -0.2) is 4.39 Å². The molecule has 0 aliphatic carbocycles. The van der Waals surface area contributed by atoms with Gasteiger partial charge >= 0.3 is 0 Å². The Morgan fingerprint density at radius 3 is 2.11 bits per heavy atom. The smallest absolute Gasteiger partial charge is 0.111 e. The van der Waals surface area contributed by atoms with Gasteiger partial charge in [0, 0.05) is 12.5 Å². The highest BCUT2D eigenvalue weighted by molar-refractivity contribution is 4.77. The minimum atomic E-state index is -1.36. The molecule has 0 rings (SSSR count). The second kappa shape index (κ2) is 3.13. The van der Waals surface area contributed by atoms with Crippen LogP contribution in [-0.4, -0.2) is 23.9 Å². The predicted molar refractivity (Wildman–Crippen MR) is 34.8 cm³/mol. The van der Waals surface area contributed by atoms with Crippen molar-refractivity contribution in [2.75, 3.05) is 13.2 Å². The second-order valence-electron chi connectivity index (χ2n) is 2.68. The molecule has 0 saturated heterocycles. The SMILES string of the molecule is CC(C)(F)C(CN)CO. The van der Waals surface area contributed by atoms with Crippen molar-refractivity contribution in [3.63, 3.8) is 0 Å². The second-order valence-corrected chi connectivity index (χ2v) is 2.68. The minimum absolute atomic E-state index is 0.181. The third kappa shape index (κ3) is 2.77. The van der Waals surface area contributed by atoms with Crippen LogP contribution in [0.2, 0.25) is 0 Å². The lowest BCUT2D eigenvalue weighted by molar-refractivity contribution is 0.0775. The van der Waals surface area contributed by atoms with Gasteiger partial charge in [0.1, 0.15) is 5.67 Å². The van der Waals surface area contributed by atoms with E-state index in [2.05, 4.69) is 0 Å². The van der Waals surface area contributed by atoms with Gasteiger partial charge in [-0.15, -0.1) is 0 Å². The topological polar surface area (TPSA) is 46.2 Å². The van der Waals surface area contributed by atoms with Crippen LogP contribution < -0.4 is 5.73 Å². The number of hydrogen-bond acceptors (Lipinski definition) is 2. The summed E-state index contributed by atoms with van der Waals surface area (Å²) in [6.07, 6.45) is 0. The van der Waals surface area contributed by atoms with Crippen LogP contribution in [0.3, 0.4) is 0 Å². The van der Waals surface area contributed by atoms with Gasteiger partial charge in [0.25, 0.3) is 0 Å². The van der Waals surface area contributed by atoms with Crippen molar-refractivity contribution in [2.24, 2.45) is 11.7 Å². The largest absolute Gasteiger partial charge is 0.396 e. The van der Waals surface area contributed by atoms with Crippen LogP contribution in [0.5, 0.6) is 0 Å². The number of alkyl halides is 1. The van der Waals surface area contributed by atoms with Crippen LogP contribution in [0.1, 0.15) is 13.8 Å². The standard InChI is InChI=1S/C6H14FNO/c1-6(2,7)5(3-8)4-9/h5,9H,3-4,8H2,1-2H3. The first-order valence-electron chi connectivity index (χ1n) is 3.02. The van der Waals surface area contributed by atoms with Gasteiger partial charge in [-0.2, -0.15) is 0 Å². The van der Waals surface area contributed by atoms with E-state index >= 15 is 0 Å². The predicted octanol–water partition coefficient (Wildman–Crippen LogP) is 0.302. The maximum atomic E-state index is 12.8. The van der Waals surface area contributed by atoms with Crippen molar-refractivity contribution in [2.45, 2.75) is 19.5 Å². The molecule has 0 aliphatic rings. The third-order valence-electron chi connectivity index (χ3n) is 1.48. The van der Waals surface area contributed by atoms with E-state index in [0.29, 0.717) is 0 Å². The Hall–Kier alpha value is -0.150. The zero-order valence-electron chi connectivity index (χ0n) is 5.89. The molecular formula is C6H14FNO. The number of aliphatic hydroxyl groups excluding tert-OH is 1. The monoisotopic (exact) mass is 135 g/mol. The number of aliphatic hydroxyl groups is 1. The van der Waals surface area contributed by atoms with Gasteiger partial charge in [0.2, 0.25) is 0 Å². The number of nitrogens with two attached hydrogens (primary N) is 1. The summed E-state index contributed by atoms with van der Waals surface area (Å²) in [6, 6.07) is 0. The molecule has 2 nitrogen and oxygen atoms in total. The molecule has 1 atom stereocenters. The Bertz CT molecular complexity index is 75.6. The fourth-order valence-electron chi connectivity index (χ4n) is 0.572. The van der Waals surface area contributed by atoms with E-state index in [-0.39, 0.29) is 13.2 Å². The molecule has 0 amide bonds. The summed E-state index contributed by atoms with van der Waals surface area (Å²) in [4.78, 5) is 0. The first kappa shape index (κ1) is 8.85. The van der Waals surface area contributed by atoms with Gasteiger partial charge in [-0.1, -0.05) is 0 Å². The van der Waals surface area contributed by atoms with Gasteiger partial charge in [0.05, 0.1) is 6.61 Å². The fraction of sp³-hybridized carbons (Fsp3) is 1.00. The summed E-state index contributed by atoms with van der Waals surface area (Å²) in [7, 11) is 0. The van der Waals surface area contributed by atoms with Crippen molar-refractivity contribution < 1.29 is 9.50 Å². The molecular weight excluding hydrogens is 121 g/mol. The van der Waals surface area contributed by atoms with Crippen molar-refractivity contribution >= 4 is 0 Å². The first-order valence-corrected chi connectivity index (χ1v) is 3.02. The summed E-state index contributed by atoms with van der Waals surface area (Å²) < 4.78 is 12.8. The first-order chi connectivity index (χ1) is 4.02. The number of hydrogen-bond donors (Lipinski definition) is 2. The number of rotatable bonds is 3. The Labute approximate surface area is 54.9 Å². The van der Waals surface area contributed by atoms with Crippen LogP contribution in [0, 0.1) is 5.92 Å². The molecule has 3 N–H and O–H groups in total. The summed E-state index contributed by atoms with van der Waals surface area (Å²) in [5.41, 5.74) is 3.81. The van der Waals surface area contributed by atoms with E-state index in [1.54, 1.807) is 0 Å². The van der Waals surface area contributed by atoms with Crippen LogP contribution in [-0.2, 0) is 0 Å². The molecule has 0 aromatic heterocycles. The van der Waals surface area contributed by atoms with Crippen LogP contribution in [0.25, 0.3) is 0 Å². The Kier molecular flexibility index (Phi) is 3.08. The van der Waals surface area contributed by atoms with E-state index in [9.17, 15) is 4.39 Å². The lowest BCUT2D eigenvalue weighted by atomic mass is 9.94. The quantitative estimate of drug-likeness (QED) is 0.584. The molecule has 0 heterocycles. The molecule has 0 aromatic rings. The molecule has 0 saturated carbocycles. The van der Waals surface area contributed by atoms with Gasteiger partial charge in [-0.3, -0.25) is 0 Å². The van der Waals surface area contributed by atoms with Crippen molar-refractivity contribution in [1.29, 1.82) is 0 Å². The molecule has 56 valence electrons. The highest BCUT2D eigenvalue weighted by atomic mass is 19.1. The molecule has 0 aliphatic heterocycles. The van der Waals surface area contributed by atoms with Gasteiger partial charge < -0.3 is 10.8 Å². The average Bonchev–Trinajstić information content (AvgIpc) is 1.65. The Morgan fingerprint density at radius 2 is 2.11 bits per heavy atom. The Balaban J connectivity index is 3.79. The molecule has 0 aromatic carbocycles. The molecule has 9 heavy (non-hydrogen) atoms. The van der Waals surface area contributed by atoms with Crippen molar-refractivity contribution in [3.05, 3.63) is 0 Å². The minimum Gasteiger partial charge on any atom is -0.396 e. The molecule has 0 radical (unpaired) electrons. The van der Waals surface area contributed by atoms with Crippen molar-refractivity contribution in [3.8, 4) is 0 Å². The van der Waals surface area contributed by atoms with E-state index in [0.717, 1.165) is 0 Å². The van der Waals surface area contributed by atoms with E-state index < -0.39 is 11.6 Å². The molecule has 0 fully saturated rings. The third-order valence-corrected chi connectivity index (χ3v) is 1.48. The average molecular weight is 135 g/mol. The normalized spacial score (nSPS) is 15.7. The molecule has 3 heteroatoms. The summed E-state index contributed by atoms with van der Waals surface area (Å²) in [6.45, 7) is 2.85. The lowest BCUT2D eigenvalue weighted by Crippen LogP contribution is -2.35. The summed E-state index contributed by atoms with van der Waals surface area (Å²) >= 11 is 0. The van der Waals surface area contributed by atoms with Crippen LogP contribution >= 0.6 is 0 Å². The van der Waals surface area contributed by atoms with E-state index in [1.165, 1.54) is 13.8 Å². The summed E-state index contributed by atoms with van der Waals surface area (Å²) in [5, 5.41) is 8.54. The molecule has 0 spiro atoms. The van der Waals surface area contributed by atoms with E-state index in [4.69, 9.17) is 10.8 Å². The van der Waals surface area contributed by atoms with Crippen molar-refractivity contribution in [1.82, 2.24) is 0 Å². The molecule has 0 bridgehead atoms. The number of halogens is 1. The van der Waals surface area contributed by atoms with Crippen LogP contribution in [0.15, 0.2) is 0 Å². The van der Waals surface area contributed by atoms with Gasteiger partial charge in [-0.05, 0) is 13.8 Å². The zero-order chi connectivity index (χ0) is 7.49. The van der Waals surface area contributed by atoms with E-state index in [1.807, 2.05) is 0 Å². The fourth-order valence-corrected chi connectivity index (χ4v) is 0.572. The highest BCUT2D eigenvalue weighted by Gasteiger charge is 2.26. The maximum Gasteiger partial charge on any atom is 0.111 e. The zero-order valence-corrected chi connectivity index (χ0v) is 5.89. The van der Waals surface area contributed by atoms with Crippen LogP contribution in [0.4, 0.5) is 4.39 Å². The highest BCUT2D eigenvalue weighted by Crippen LogP contribution is 2.19. The van der Waals surface area contributed by atoms with Gasteiger partial charge in [0.15, 0.2) is 0 Å². The Morgan fingerprint density at radius 1 is 1.67 bits per heavy atom.